The summed E-state index contributed by atoms with van der Waals surface area (Å²) in [6, 6.07) is 5.84. The first-order chi connectivity index (χ1) is 6.45. The third-order valence-electron chi connectivity index (χ3n) is 1.71. The van der Waals surface area contributed by atoms with Crippen LogP contribution in [0, 0.1) is 0 Å². The summed E-state index contributed by atoms with van der Waals surface area (Å²) in [6.45, 7) is 0.717. The highest BCUT2D eigenvalue weighted by Gasteiger charge is 2.10. The third kappa shape index (κ3) is 2.44. The Labute approximate surface area is 76.0 Å². The largest absolute Gasteiger partial charge is 0.282 e. The Hall–Kier alpha value is -1.05. The molecular formula is C7H12N6. The van der Waals surface area contributed by atoms with Crippen molar-refractivity contribution in [2.24, 2.45) is 0 Å². The van der Waals surface area contributed by atoms with E-state index in [4.69, 9.17) is 0 Å². The molecule has 1 fully saturated rings. The number of rotatable bonds is 3. The molecule has 1 aliphatic heterocycles. The molecule has 0 unspecified atom stereocenters. The summed E-state index contributed by atoms with van der Waals surface area (Å²) in [5, 5.41) is 3.19. The molecule has 1 aliphatic rings. The summed E-state index contributed by atoms with van der Waals surface area (Å²) < 4.78 is 0. The second-order valence-corrected chi connectivity index (χ2v) is 2.67. The number of hydrogen-bond acceptors (Lipinski definition) is 6. The van der Waals surface area contributed by atoms with E-state index >= 15 is 0 Å². The molecule has 0 bridgehead atoms. The average molecular weight is 180 g/mol. The molecule has 2 heterocycles. The molecule has 0 atom stereocenters. The zero-order valence-corrected chi connectivity index (χ0v) is 7.04. The zero-order chi connectivity index (χ0) is 8.93. The van der Waals surface area contributed by atoms with Crippen LogP contribution in [0.15, 0.2) is 24.4 Å². The topological polar surface area (TPSA) is 73.0 Å². The van der Waals surface area contributed by atoms with Crippen molar-refractivity contribution < 1.29 is 0 Å². The fourth-order valence-corrected chi connectivity index (χ4v) is 1.06. The lowest BCUT2D eigenvalue weighted by Gasteiger charge is -2.10. The zero-order valence-electron chi connectivity index (χ0n) is 7.04. The number of nitrogens with one attached hydrogen (secondary N) is 5. The molecule has 13 heavy (non-hydrogen) atoms. The number of hydrogen-bond donors (Lipinski definition) is 5. The molecule has 1 aromatic rings. The van der Waals surface area contributed by atoms with Gasteiger partial charge in [-0.1, -0.05) is 6.07 Å². The van der Waals surface area contributed by atoms with Crippen molar-refractivity contribution in [1.29, 1.82) is 0 Å². The number of aromatic nitrogens is 1. The van der Waals surface area contributed by atoms with Crippen molar-refractivity contribution >= 4 is 0 Å². The SMILES string of the molecule is c1ccc(CNC2NNNN2)nc1. The van der Waals surface area contributed by atoms with Gasteiger partial charge in [-0.15, -0.1) is 0 Å². The predicted octanol–water partition coefficient (Wildman–Crippen LogP) is -1.43. The molecule has 0 spiro atoms. The van der Waals surface area contributed by atoms with E-state index in [0.29, 0.717) is 0 Å². The standard InChI is InChI=1S/C7H12N6/c1-2-4-8-6(3-1)5-9-7-10-12-13-11-7/h1-4,7,9-13H,5H2. The molecule has 6 nitrogen and oxygen atoms in total. The Morgan fingerprint density at radius 1 is 1.31 bits per heavy atom. The fraction of sp³-hybridized carbons (Fsp3) is 0.286. The van der Waals surface area contributed by atoms with Crippen molar-refractivity contribution in [3.63, 3.8) is 0 Å². The maximum absolute atomic E-state index is 4.18. The Bertz CT molecular complexity index is 244. The Kier molecular flexibility index (Phi) is 2.80. The van der Waals surface area contributed by atoms with E-state index < -0.39 is 0 Å². The highest BCUT2D eigenvalue weighted by molar-refractivity contribution is 5.02. The molecular weight excluding hydrogens is 168 g/mol. The minimum absolute atomic E-state index is 0.0157. The molecule has 1 saturated heterocycles. The van der Waals surface area contributed by atoms with Crippen molar-refractivity contribution in [2.75, 3.05) is 0 Å². The Morgan fingerprint density at radius 2 is 2.15 bits per heavy atom. The first-order valence-corrected chi connectivity index (χ1v) is 4.09. The predicted molar refractivity (Wildman–Crippen MR) is 47.4 cm³/mol. The molecule has 0 radical (unpaired) electrons. The lowest BCUT2D eigenvalue weighted by Crippen LogP contribution is -2.46. The van der Waals surface area contributed by atoms with Crippen LogP contribution in [0.3, 0.4) is 0 Å². The molecule has 0 saturated carbocycles. The van der Waals surface area contributed by atoms with Crippen molar-refractivity contribution in [1.82, 2.24) is 32.2 Å². The molecule has 6 heteroatoms. The molecule has 2 rings (SSSR count). The van der Waals surface area contributed by atoms with Crippen LogP contribution in [-0.2, 0) is 6.54 Å². The minimum atomic E-state index is 0.0157. The quantitative estimate of drug-likeness (QED) is 0.393. The van der Waals surface area contributed by atoms with Crippen LogP contribution in [0.2, 0.25) is 0 Å². The van der Waals surface area contributed by atoms with E-state index in [1.54, 1.807) is 6.20 Å². The maximum Gasteiger partial charge on any atom is 0.139 e. The molecule has 70 valence electrons. The van der Waals surface area contributed by atoms with Crippen LogP contribution in [0.1, 0.15) is 5.69 Å². The summed E-state index contributed by atoms with van der Waals surface area (Å²) in [7, 11) is 0. The Morgan fingerprint density at radius 3 is 2.85 bits per heavy atom. The first-order valence-electron chi connectivity index (χ1n) is 4.09. The van der Waals surface area contributed by atoms with Crippen LogP contribution in [0.25, 0.3) is 0 Å². The molecule has 0 aliphatic carbocycles. The van der Waals surface area contributed by atoms with Gasteiger partial charge in [0.25, 0.3) is 0 Å². The van der Waals surface area contributed by atoms with Gasteiger partial charge in [0.2, 0.25) is 0 Å². The van der Waals surface area contributed by atoms with Gasteiger partial charge in [0.1, 0.15) is 6.29 Å². The first kappa shape index (κ1) is 8.54. The second-order valence-electron chi connectivity index (χ2n) is 2.67. The number of pyridine rings is 1. The minimum Gasteiger partial charge on any atom is -0.282 e. The van der Waals surface area contributed by atoms with Gasteiger partial charge < -0.3 is 0 Å². The van der Waals surface area contributed by atoms with E-state index in [9.17, 15) is 0 Å². The monoisotopic (exact) mass is 180 g/mol. The summed E-state index contributed by atoms with van der Waals surface area (Å²) in [6.07, 6.45) is 1.80. The highest BCUT2D eigenvalue weighted by atomic mass is 15.8. The van der Waals surface area contributed by atoms with Crippen molar-refractivity contribution in [3.05, 3.63) is 30.1 Å². The van der Waals surface area contributed by atoms with Crippen LogP contribution >= 0.6 is 0 Å². The molecule has 0 amide bonds. The smallest absolute Gasteiger partial charge is 0.139 e. The van der Waals surface area contributed by atoms with E-state index in [1.165, 1.54) is 0 Å². The fourth-order valence-electron chi connectivity index (χ4n) is 1.06. The normalized spacial score (nSPS) is 17.8. The summed E-state index contributed by atoms with van der Waals surface area (Å²) in [5.41, 5.74) is 12.3. The number of hydrazine groups is 3. The van der Waals surface area contributed by atoms with E-state index in [2.05, 4.69) is 32.2 Å². The summed E-state index contributed by atoms with van der Waals surface area (Å²) >= 11 is 0. The highest BCUT2D eigenvalue weighted by Crippen LogP contribution is 1.91. The lowest BCUT2D eigenvalue weighted by atomic mass is 10.3. The van der Waals surface area contributed by atoms with Gasteiger partial charge in [-0.2, -0.15) is 11.1 Å². The molecule has 5 N–H and O–H groups in total. The van der Waals surface area contributed by atoms with E-state index in [0.717, 1.165) is 12.2 Å². The van der Waals surface area contributed by atoms with Gasteiger partial charge in [-0.05, 0) is 12.1 Å². The summed E-state index contributed by atoms with van der Waals surface area (Å²) in [4.78, 5) is 4.18. The van der Waals surface area contributed by atoms with Crippen LogP contribution in [-0.4, -0.2) is 11.3 Å². The van der Waals surface area contributed by atoms with Gasteiger partial charge in [0.15, 0.2) is 0 Å². The second kappa shape index (κ2) is 4.26. The van der Waals surface area contributed by atoms with Gasteiger partial charge in [-0.25, -0.2) is 10.9 Å². The van der Waals surface area contributed by atoms with Gasteiger partial charge >= 0.3 is 0 Å². The maximum atomic E-state index is 4.18. The van der Waals surface area contributed by atoms with Gasteiger partial charge in [0, 0.05) is 12.7 Å². The van der Waals surface area contributed by atoms with Crippen LogP contribution < -0.4 is 27.2 Å². The van der Waals surface area contributed by atoms with Crippen molar-refractivity contribution in [3.8, 4) is 0 Å². The number of nitrogens with zero attached hydrogens (tertiary/aromatic N) is 1. The third-order valence-corrected chi connectivity index (χ3v) is 1.71. The van der Waals surface area contributed by atoms with E-state index in [-0.39, 0.29) is 6.29 Å². The summed E-state index contributed by atoms with van der Waals surface area (Å²) in [5.74, 6) is 0. The Balaban J connectivity index is 1.79. The molecule has 0 aromatic carbocycles. The van der Waals surface area contributed by atoms with Crippen LogP contribution in [0.4, 0.5) is 0 Å². The van der Waals surface area contributed by atoms with Gasteiger partial charge in [-0.3, -0.25) is 10.3 Å². The van der Waals surface area contributed by atoms with Crippen LogP contribution in [0.5, 0.6) is 0 Å². The van der Waals surface area contributed by atoms with E-state index in [1.807, 2.05) is 18.2 Å². The lowest BCUT2D eigenvalue weighted by molar-refractivity contribution is 0.421. The molecule has 1 aromatic heterocycles. The average Bonchev–Trinajstić information content (AvgIpc) is 2.69. The van der Waals surface area contributed by atoms with Gasteiger partial charge in [0.05, 0.1) is 5.69 Å². The van der Waals surface area contributed by atoms with Crippen molar-refractivity contribution in [2.45, 2.75) is 12.8 Å².